The van der Waals surface area contributed by atoms with E-state index in [1.54, 1.807) is 20.4 Å². The van der Waals surface area contributed by atoms with Crippen molar-refractivity contribution < 1.29 is 9.47 Å². The molecule has 0 aromatic carbocycles. The number of hydrogen-bond acceptors (Lipinski definition) is 5. The molecule has 2 N–H and O–H groups in total. The summed E-state index contributed by atoms with van der Waals surface area (Å²) in [5.74, 6) is 1.69. The molecule has 146 valence electrons. The van der Waals surface area contributed by atoms with E-state index < -0.39 is 0 Å². The van der Waals surface area contributed by atoms with E-state index in [1.165, 1.54) is 0 Å². The van der Waals surface area contributed by atoms with Gasteiger partial charge in [0.05, 0.1) is 18.2 Å². The Kier molecular flexibility index (Phi) is 9.52. The first-order chi connectivity index (χ1) is 12.7. The molecule has 0 aliphatic carbocycles. The normalized spacial score (nSPS) is 17.6. The molecule has 0 saturated carbocycles. The number of ether oxygens (including phenoxy) is 2. The van der Waals surface area contributed by atoms with E-state index in [1.807, 2.05) is 12.1 Å². The van der Waals surface area contributed by atoms with Gasteiger partial charge >= 0.3 is 0 Å². The maximum atomic E-state index is 6.25. The van der Waals surface area contributed by atoms with Crippen LogP contribution in [0, 0.1) is 0 Å². The SMILES string of the molecule is CN=C(NCCCCOCCOC)NC1CCN(c2ncccc2Cl)C1. The fraction of sp³-hybridized carbons (Fsp3) is 0.667. The molecule has 1 fully saturated rings. The summed E-state index contributed by atoms with van der Waals surface area (Å²) in [6, 6.07) is 4.06. The first-order valence-corrected chi connectivity index (χ1v) is 9.51. The van der Waals surface area contributed by atoms with Crippen LogP contribution in [0.4, 0.5) is 5.82 Å². The van der Waals surface area contributed by atoms with Crippen LogP contribution in [0.3, 0.4) is 0 Å². The number of halogens is 1. The third kappa shape index (κ3) is 6.97. The Bertz CT molecular complexity index is 558. The van der Waals surface area contributed by atoms with Gasteiger partial charge in [0.25, 0.3) is 0 Å². The molecule has 1 aliphatic heterocycles. The number of methoxy groups -OCH3 is 1. The Hall–Kier alpha value is -1.57. The van der Waals surface area contributed by atoms with Gasteiger partial charge in [0.2, 0.25) is 0 Å². The molecule has 2 heterocycles. The van der Waals surface area contributed by atoms with Crippen LogP contribution in [0.2, 0.25) is 5.02 Å². The number of guanidine groups is 1. The van der Waals surface area contributed by atoms with Gasteiger partial charge in [-0.1, -0.05) is 11.6 Å². The van der Waals surface area contributed by atoms with Crippen LogP contribution in [0.25, 0.3) is 0 Å². The summed E-state index contributed by atoms with van der Waals surface area (Å²) in [7, 11) is 3.48. The molecule has 8 heteroatoms. The number of unbranched alkanes of at least 4 members (excludes halogenated alkanes) is 1. The Balaban J connectivity index is 1.63. The van der Waals surface area contributed by atoms with Crippen LogP contribution in [0.5, 0.6) is 0 Å². The Morgan fingerprint density at radius 2 is 2.27 bits per heavy atom. The average molecular weight is 384 g/mol. The fourth-order valence-corrected chi connectivity index (χ4v) is 3.09. The molecule has 1 aromatic heterocycles. The third-order valence-electron chi connectivity index (χ3n) is 4.23. The molecule has 0 bridgehead atoms. The first kappa shape index (κ1) is 20.7. The second-order valence-corrected chi connectivity index (χ2v) is 6.60. The van der Waals surface area contributed by atoms with Crippen LogP contribution in [0.15, 0.2) is 23.3 Å². The van der Waals surface area contributed by atoms with Crippen molar-refractivity contribution in [1.82, 2.24) is 15.6 Å². The van der Waals surface area contributed by atoms with Gasteiger partial charge in [-0.2, -0.15) is 0 Å². The van der Waals surface area contributed by atoms with Crippen LogP contribution in [-0.2, 0) is 9.47 Å². The lowest BCUT2D eigenvalue weighted by Gasteiger charge is -2.20. The predicted octanol–water partition coefficient (Wildman–Crippen LogP) is 1.92. The number of hydrogen-bond donors (Lipinski definition) is 2. The minimum atomic E-state index is 0.330. The highest BCUT2D eigenvalue weighted by atomic mass is 35.5. The minimum Gasteiger partial charge on any atom is -0.382 e. The van der Waals surface area contributed by atoms with Gasteiger partial charge in [-0.25, -0.2) is 4.98 Å². The van der Waals surface area contributed by atoms with E-state index in [0.717, 1.165) is 57.3 Å². The lowest BCUT2D eigenvalue weighted by atomic mass is 10.3. The van der Waals surface area contributed by atoms with Crippen molar-refractivity contribution in [2.45, 2.75) is 25.3 Å². The summed E-state index contributed by atoms with van der Waals surface area (Å²) in [5, 5.41) is 7.54. The average Bonchev–Trinajstić information content (AvgIpc) is 3.11. The van der Waals surface area contributed by atoms with E-state index in [4.69, 9.17) is 21.1 Å². The molecule has 1 atom stereocenters. The lowest BCUT2D eigenvalue weighted by Crippen LogP contribution is -2.45. The molecular formula is C18H30ClN5O2. The van der Waals surface area contributed by atoms with Crippen molar-refractivity contribution in [2.24, 2.45) is 4.99 Å². The molecule has 1 aliphatic rings. The van der Waals surface area contributed by atoms with Crippen molar-refractivity contribution >= 4 is 23.4 Å². The highest BCUT2D eigenvalue weighted by Crippen LogP contribution is 2.25. The summed E-state index contributed by atoms with van der Waals surface area (Å²) in [6.07, 6.45) is 4.86. The van der Waals surface area contributed by atoms with Crippen molar-refractivity contribution in [2.75, 3.05) is 58.5 Å². The quantitative estimate of drug-likeness (QED) is 0.365. The number of anilines is 1. The number of aliphatic imine (C=N–C) groups is 1. The van der Waals surface area contributed by atoms with Crippen LogP contribution in [0.1, 0.15) is 19.3 Å². The molecular weight excluding hydrogens is 354 g/mol. The van der Waals surface area contributed by atoms with E-state index in [-0.39, 0.29) is 0 Å². The van der Waals surface area contributed by atoms with Crippen LogP contribution < -0.4 is 15.5 Å². The maximum Gasteiger partial charge on any atom is 0.191 e. The summed E-state index contributed by atoms with van der Waals surface area (Å²) in [5.41, 5.74) is 0. The number of nitrogens with one attached hydrogen (secondary N) is 2. The highest BCUT2D eigenvalue weighted by molar-refractivity contribution is 6.32. The van der Waals surface area contributed by atoms with Gasteiger partial charge in [-0.15, -0.1) is 0 Å². The molecule has 0 amide bonds. The second-order valence-electron chi connectivity index (χ2n) is 6.20. The number of nitrogens with zero attached hydrogens (tertiary/aromatic N) is 3. The smallest absolute Gasteiger partial charge is 0.191 e. The highest BCUT2D eigenvalue weighted by Gasteiger charge is 2.25. The van der Waals surface area contributed by atoms with Crippen molar-refractivity contribution in [1.29, 1.82) is 0 Å². The fourth-order valence-electron chi connectivity index (χ4n) is 2.85. The molecule has 1 aromatic rings. The second kappa shape index (κ2) is 11.9. The van der Waals surface area contributed by atoms with Crippen LogP contribution in [-0.4, -0.2) is 70.6 Å². The zero-order valence-corrected chi connectivity index (χ0v) is 16.5. The Labute approximate surface area is 161 Å². The van der Waals surface area contributed by atoms with Gasteiger partial charge < -0.3 is 25.0 Å². The van der Waals surface area contributed by atoms with E-state index in [2.05, 4.69) is 25.5 Å². The first-order valence-electron chi connectivity index (χ1n) is 9.14. The number of rotatable bonds is 10. The van der Waals surface area contributed by atoms with Crippen molar-refractivity contribution in [3.8, 4) is 0 Å². The summed E-state index contributed by atoms with van der Waals surface area (Å²) < 4.78 is 10.4. The van der Waals surface area contributed by atoms with Crippen LogP contribution >= 0.6 is 11.6 Å². The molecule has 1 saturated heterocycles. The largest absolute Gasteiger partial charge is 0.382 e. The maximum absolute atomic E-state index is 6.25. The summed E-state index contributed by atoms with van der Waals surface area (Å²) >= 11 is 6.25. The Morgan fingerprint density at radius 1 is 1.38 bits per heavy atom. The van der Waals surface area contributed by atoms with Gasteiger partial charge in [0, 0.05) is 52.6 Å². The number of aromatic nitrogens is 1. The Morgan fingerprint density at radius 3 is 3.04 bits per heavy atom. The van der Waals surface area contributed by atoms with Gasteiger partial charge in [-0.3, -0.25) is 4.99 Å². The topological polar surface area (TPSA) is 71.0 Å². The van der Waals surface area contributed by atoms with Gasteiger partial charge in [0.1, 0.15) is 5.82 Å². The zero-order chi connectivity index (χ0) is 18.6. The predicted molar refractivity (Wildman–Crippen MR) is 106 cm³/mol. The van der Waals surface area contributed by atoms with Gasteiger partial charge in [0.15, 0.2) is 5.96 Å². The van der Waals surface area contributed by atoms with E-state index in [0.29, 0.717) is 24.3 Å². The van der Waals surface area contributed by atoms with E-state index >= 15 is 0 Å². The van der Waals surface area contributed by atoms with Gasteiger partial charge in [-0.05, 0) is 31.4 Å². The molecule has 26 heavy (non-hydrogen) atoms. The minimum absolute atomic E-state index is 0.330. The summed E-state index contributed by atoms with van der Waals surface area (Å²) in [6.45, 7) is 4.74. The third-order valence-corrected chi connectivity index (χ3v) is 4.53. The molecule has 0 radical (unpaired) electrons. The zero-order valence-electron chi connectivity index (χ0n) is 15.7. The van der Waals surface area contributed by atoms with Crippen molar-refractivity contribution in [3.05, 3.63) is 23.4 Å². The monoisotopic (exact) mass is 383 g/mol. The molecule has 1 unspecified atom stereocenters. The standard InChI is InChI=1S/C18H30ClN5O2/c1-20-18(22-8-3-4-11-26-13-12-25-2)23-15-7-10-24(14-15)17-16(19)6-5-9-21-17/h5-6,9,15H,3-4,7-8,10-14H2,1-2H3,(H2,20,22,23). The molecule has 0 spiro atoms. The molecule has 2 rings (SSSR count). The summed E-state index contributed by atoms with van der Waals surface area (Å²) in [4.78, 5) is 10.9. The van der Waals surface area contributed by atoms with E-state index in [9.17, 15) is 0 Å². The number of pyridine rings is 1. The molecule has 7 nitrogen and oxygen atoms in total. The van der Waals surface area contributed by atoms with Crippen molar-refractivity contribution in [3.63, 3.8) is 0 Å². The lowest BCUT2D eigenvalue weighted by molar-refractivity contribution is 0.0689.